The molecule has 6 nitrogen and oxygen atoms in total. The first-order valence-electron chi connectivity index (χ1n) is 7.05. The van der Waals surface area contributed by atoms with Crippen LogP contribution in [0.25, 0.3) is 0 Å². The number of ether oxygens (including phenoxy) is 1. The van der Waals surface area contributed by atoms with Crippen LogP contribution in [0.2, 0.25) is 10.6 Å². The molecule has 0 spiro atoms. The molecular formula is C15H18N2O4Se. The summed E-state index contributed by atoms with van der Waals surface area (Å²) in [4.78, 5) is 33.7. The van der Waals surface area contributed by atoms with Crippen molar-refractivity contribution in [3.63, 3.8) is 0 Å². The summed E-state index contributed by atoms with van der Waals surface area (Å²) < 4.78 is 4.40. The van der Waals surface area contributed by atoms with Gasteiger partial charge < -0.3 is 0 Å². The molecule has 1 aliphatic heterocycles. The molecule has 118 valence electrons. The number of alkyl carbamates (subject to hydrolysis) is 1. The van der Waals surface area contributed by atoms with Gasteiger partial charge in [-0.2, -0.15) is 0 Å². The molecule has 0 unspecified atom stereocenters. The molecule has 0 saturated carbocycles. The number of esters is 1. The summed E-state index contributed by atoms with van der Waals surface area (Å²) in [5, 5.41) is 7.00. The Morgan fingerprint density at radius 3 is 2.68 bits per heavy atom. The van der Waals surface area contributed by atoms with E-state index in [0.717, 1.165) is 16.2 Å². The maximum atomic E-state index is 11.7. The summed E-state index contributed by atoms with van der Waals surface area (Å²) in [6.45, 7) is 0.548. The van der Waals surface area contributed by atoms with Crippen molar-refractivity contribution in [2.45, 2.75) is 36.1 Å². The van der Waals surface area contributed by atoms with E-state index in [9.17, 15) is 14.4 Å². The first-order valence-corrected chi connectivity index (χ1v) is 9.48. The molecule has 1 aromatic carbocycles. The number of amides is 2. The van der Waals surface area contributed by atoms with Crippen molar-refractivity contribution in [3.8, 4) is 0 Å². The summed E-state index contributed by atoms with van der Waals surface area (Å²) in [6, 6.07) is 9.25. The molecule has 0 aliphatic carbocycles. The van der Waals surface area contributed by atoms with Crippen LogP contribution >= 0.6 is 0 Å². The monoisotopic (exact) mass is 370 g/mol. The predicted molar refractivity (Wildman–Crippen MR) is 81.3 cm³/mol. The average Bonchev–Trinajstić information content (AvgIpc) is 2.84. The second-order valence-corrected chi connectivity index (χ2v) is 7.39. The third-order valence-electron chi connectivity index (χ3n) is 3.13. The summed E-state index contributed by atoms with van der Waals surface area (Å²) in [5.41, 5.74) is 1.08. The number of benzene rings is 1. The Balaban J connectivity index is 1.52. The zero-order chi connectivity index (χ0) is 15.8. The molecule has 1 saturated heterocycles. The quantitative estimate of drug-likeness (QED) is 0.313. The molecular weight excluding hydrogens is 351 g/mol. The number of rotatable bonds is 8. The molecule has 1 aliphatic rings. The summed E-state index contributed by atoms with van der Waals surface area (Å²) in [5.74, 6) is -0.458. The number of nitrogens with one attached hydrogen (secondary N) is 2. The van der Waals surface area contributed by atoms with Crippen molar-refractivity contribution >= 4 is 32.9 Å². The van der Waals surface area contributed by atoms with E-state index in [1.54, 1.807) is 0 Å². The minimum atomic E-state index is -0.664. The fourth-order valence-electron chi connectivity index (χ4n) is 1.94. The molecule has 22 heavy (non-hydrogen) atoms. The van der Waals surface area contributed by atoms with E-state index >= 15 is 0 Å². The summed E-state index contributed by atoms with van der Waals surface area (Å²) >= 11 is 0.275. The Morgan fingerprint density at radius 2 is 2.00 bits per heavy atom. The Labute approximate surface area is 135 Å². The molecule has 2 rings (SSSR count). The van der Waals surface area contributed by atoms with Crippen molar-refractivity contribution in [1.82, 2.24) is 10.6 Å². The SMILES string of the molecule is O=C(CC[Se]CC[C@@H]1NC(=O)OC1=O)NCc1ccccc1. The standard InChI is InChI=1S/C15H18N2O4Se/c18-13(16-10-11-4-2-1-3-5-11)7-9-22-8-6-12-14(19)21-15(20)17-12/h1-5,12H,6-10H2,(H,16,18)(H,17,20)/t12-/m0/s1. The van der Waals surface area contributed by atoms with Crippen LogP contribution in [0.4, 0.5) is 4.79 Å². The third kappa shape index (κ3) is 5.50. The van der Waals surface area contributed by atoms with Gasteiger partial charge in [0.05, 0.1) is 0 Å². The van der Waals surface area contributed by atoms with Gasteiger partial charge in [0.1, 0.15) is 0 Å². The fourth-order valence-corrected chi connectivity index (χ4v) is 3.90. The van der Waals surface area contributed by atoms with Gasteiger partial charge in [-0.3, -0.25) is 0 Å². The average molecular weight is 369 g/mol. The summed E-state index contributed by atoms with van der Waals surface area (Å²) in [7, 11) is 0. The van der Waals surface area contributed by atoms with Crippen LogP contribution in [0.1, 0.15) is 18.4 Å². The van der Waals surface area contributed by atoms with E-state index < -0.39 is 18.1 Å². The van der Waals surface area contributed by atoms with E-state index in [1.165, 1.54) is 0 Å². The van der Waals surface area contributed by atoms with Crippen molar-refractivity contribution in [1.29, 1.82) is 0 Å². The Kier molecular flexibility index (Phi) is 6.43. The van der Waals surface area contributed by atoms with Gasteiger partial charge in [0.2, 0.25) is 0 Å². The molecule has 0 aromatic heterocycles. The van der Waals surface area contributed by atoms with Crippen molar-refractivity contribution in [2.24, 2.45) is 0 Å². The molecule has 1 heterocycles. The van der Waals surface area contributed by atoms with Gasteiger partial charge in [-0.1, -0.05) is 0 Å². The molecule has 2 N–H and O–H groups in total. The molecule has 1 aromatic rings. The third-order valence-corrected chi connectivity index (χ3v) is 5.26. The van der Waals surface area contributed by atoms with Gasteiger partial charge in [0.15, 0.2) is 0 Å². The number of hydrogen-bond donors (Lipinski definition) is 2. The van der Waals surface area contributed by atoms with Gasteiger partial charge >= 0.3 is 135 Å². The van der Waals surface area contributed by atoms with E-state index in [-0.39, 0.29) is 20.9 Å². The second-order valence-electron chi connectivity index (χ2n) is 4.82. The first-order chi connectivity index (χ1) is 10.6. The van der Waals surface area contributed by atoms with Crippen LogP contribution in [0.5, 0.6) is 0 Å². The van der Waals surface area contributed by atoms with Gasteiger partial charge in [0, 0.05) is 0 Å². The minimum absolute atomic E-state index is 0.0410. The van der Waals surface area contributed by atoms with E-state index in [1.807, 2.05) is 30.3 Å². The molecule has 0 bridgehead atoms. The van der Waals surface area contributed by atoms with E-state index in [0.29, 0.717) is 19.4 Å². The number of carbonyl (C=O) groups is 3. The summed E-state index contributed by atoms with van der Waals surface area (Å²) in [6.07, 6.45) is 0.410. The van der Waals surface area contributed by atoms with Crippen LogP contribution in [0.3, 0.4) is 0 Å². The Bertz CT molecular complexity index is 536. The number of carbonyl (C=O) groups excluding carboxylic acids is 3. The first kappa shape index (κ1) is 16.5. The van der Waals surface area contributed by atoms with Crippen LogP contribution in [-0.4, -0.2) is 39.0 Å². The fraction of sp³-hybridized carbons (Fsp3) is 0.400. The molecule has 1 fully saturated rings. The van der Waals surface area contributed by atoms with Crippen LogP contribution in [-0.2, 0) is 20.9 Å². The molecule has 7 heteroatoms. The van der Waals surface area contributed by atoms with Crippen LogP contribution in [0, 0.1) is 0 Å². The van der Waals surface area contributed by atoms with Crippen LogP contribution < -0.4 is 10.6 Å². The normalized spacial score (nSPS) is 17.0. The topological polar surface area (TPSA) is 84.5 Å². The van der Waals surface area contributed by atoms with Gasteiger partial charge in [-0.15, -0.1) is 0 Å². The van der Waals surface area contributed by atoms with E-state index in [4.69, 9.17) is 0 Å². The van der Waals surface area contributed by atoms with Crippen molar-refractivity contribution < 1.29 is 19.1 Å². The van der Waals surface area contributed by atoms with E-state index in [2.05, 4.69) is 15.4 Å². The Hall–Kier alpha value is -1.85. The van der Waals surface area contributed by atoms with Gasteiger partial charge in [-0.25, -0.2) is 0 Å². The molecule has 2 amide bonds. The van der Waals surface area contributed by atoms with Crippen molar-refractivity contribution in [2.75, 3.05) is 0 Å². The van der Waals surface area contributed by atoms with Crippen LogP contribution in [0.15, 0.2) is 30.3 Å². The number of cyclic esters (lactones) is 2. The number of hydrogen-bond acceptors (Lipinski definition) is 4. The maximum absolute atomic E-state index is 11.7. The van der Waals surface area contributed by atoms with Gasteiger partial charge in [0.25, 0.3) is 0 Å². The second kappa shape index (κ2) is 8.56. The van der Waals surface area contributed by atoms with Gasteiger partial charge in [-0.05, 0) is 0 Å². The molecule has 0 radical (unpaired) electrons. The zero-order valence-corrected chi connectivity index (χ0v) is 13.8. The molecule has 1 atom stereocenters. The predicted octanol–water partition coefficient (Wildman–Crippen LogP) is 1.26. The zero-order valence-electron chi connectivity index (χ0n) is 12.0. The van der Waals surface area contributed by atoms with Crippen molar-refractivity contribution in [3.05, 3.63) is 35.9 Å². The Morgan fingerprint density at radius 1 is 1.23 bits per heavy atom.